The van der Waals surface area contributed by atoms with Gasteiger partial charge in [-0.15, -0.1) is 0 Å². The SMILES string of the molecule is Cc1cccc(CC(CN)C(=O)NC(C)(C)C)c1. The molecule has 0 spiro atoms. The molecule has 0 heterocycles. The minimum absolute atomic E-state index is 0.0338. The predicted molar refractivity (Wildman–Crippen MR) is 75.3 cm³/mol. The van der Waals surface area contributed by atoms with Crippen molar-refractivity contribution in [1.82, 2.24) is 5.32 Å². The van der Waals surface area contributed by atoms with Crippen LogP contribution >= 0.6 is 0 Å². The average molecular weight is 248 g/mol. The van der Waals surface area contributed by atoms with Crippen molar-refractivity contribution in [1.29, 1.82) is 0 Å². The quantitative estimate of drug-likeness (QED) is 0.856. The van der Waals surface area contributed by atoms with Gasteiger partial charge in [-0.3, -0.25) is 4.79 Å². The van der Waals surface area contributed by atoms with Gasteiger partial charge in [-0.1, -0.05) is 29.8 Å². The van der Waals surface area contributed by atoms with Crippen LogP contribution in [0.3, 0.4) is 0 Å². The fourth-order valence-corrected chi connectivity index (χ4v) is 1.88. The minimum Gasteiger partial charge on any atom is -0.351 e. The van der Waals surface area contributed by atoms with Crippen LogP contribution in [0.5, 0.6) is 0 Å². The summed E-state index contributed by atoms with van der Waals surface area (Å²) in [4.78, 5) is 12.1. The first kappa shape index (κ1) is 14.7. The molecule has 0 fully saturated rings. The van der Waals surface area contributed by atoms with Gasteiger partial charge in [0.25, 0.3) is 0 Å². The van der Waals surface area contributed by atoms with Crippen LogP contribution in [0.1, 0.15) is 31.9 Å². The van der Waals surface area contributed by atoms with E-state index in [0.29, 0.717) is 13.0 Å². The number of rotatable bonds is 4. The van der Waals surface area contributed by atoms with E-state index in [2.05, 4.69) is 24.4 Å². The Morgan fingerprint density at radius 3 is 2.56 bits per heavy atom. The van der Waals surface area contributed by atoms with Gasteiger partial charge < -0.3 is 11.1 Å². The van der Waals surface area contributed by atoms with Crippen molar-refractivity contribution in [3.05, 3.63) is 35.4 Å². The lowest BCUT2D eigenvalue weighted by atomic mass is 9.96. The van der Waals surface area contributed by atoms with Gasteiger partial charge in [-0.2, -0.15) is 0 Å². The van der Waals surface area contributed by atoms with Gasteiger partial charge >= 0.3 is 0 Å². The smallest absolute Gasteiger partial charge is 0.225 e. The molecule has 1 rings (SSSR count). The van der Waals surface area contributed by atoms with E-state index in [4.69, 9.17) is 5.73 Å². The molecular weight excluding hydrogens is 224 g/mol. The average Bonchev–Trinajstić information content (AvgIpc) is 2.23. The Morgan fingerprint density at radius 2 is 2.06 bits per heavy atom. The van der Waals surface area contributed by atoms with Gasteiger partial charge in [0.15, 0.2) is 0 Å². The van der Waals surface area contributed by atoms with Crippen LogP contribution in [0.2, 0.25) is 0 Å². The second kappa shape index (κ2) is 6.01. The van der Waals surface area contributed by atoms with Gasteiger partial charge in [0.1, 0.15) is 0 Å². The summed E-state index contributed by atoms with van der Waals surface area (Å²) >= 11 is 0. The lowest BCUT2D eigenvalue weighted by Gasteiger charge is -2.24. The Bertz CT molecular complexity index is 407. The summed E-state index contributed by atoms with van der Waals surface area (Å²) in [5, 5.41) is 2.99. The molecule has 18 heavy (non-hydrogen) atoms. The third-order valence-electron chi connectivity index (χ3n) is 2.72. The first-order valence-electron chi connectivity index (χ1n) is 6.39. The van der Waals surface area contributed by atoms with Crippen LogP contribution in [-0.4, -0.2) is 18.0 Å². The highest BCUT2D eigenvalue weighted by atomic mass is 16.2. The van der Waals surface area contributed by atoms with Crippen molar-refractivity contribution in [2.24, 2.45) is 11.7 Å². The summed E-state index contributed by atoms with van der Waals surface area (Å²) in [5.41, 5.74) is 7.88. The second-order valence-corrected chi connectivity index (χ2v) is 5.87. The summed E-state index contributed by atoms with van der Waals surface area (Å²) in [5.74, 6) is -0.127. The highest BCUT2D eigenvalue weighted by molar-refractivity contribution is 5.79. The third kappa shape index (κ3) is 4.88. The molecule has 0 bridgehead atoms. The van der Waals surface area contributed by atoms with Crippen molar-refractivity contribution < 1.29 is 4.79 Å². The van der Waals surface area contributed by atoms with E-state index in [1.54, 1.807) is 0 Å². The third-order valence-corrected chi connectivity index (χ3v) is 2.72. The number of nitrogens with one attached hydrogen (secondary N) is 1. The molecule has 100 valence electrons. The zero-order valence-electron chi connectivity index (χ0n) is 11.8. The maximum absolute atomic E-state index is 12.1. The topological polar surface area (TPSA) is 55.1 Å². The predicted octanol–water partition coefficient (Wildman–Crippen LogP) is 2.03. The maximum Gasteiger partial charge on any atom is 0.225 e. The molecule has 0 aliphatic heterocycles. The number of hydrogen-bond donors (Lipinski definition) is 2. The molecule has 3 heteroatoms. The van der Waals surface area contributed by atoms with Crippen LogP contribution in [0.4, 0.5) is 0 Å². The van der Waals surface area contributed by atoms with Crippen molar-refractivity contribution in [2.75, 3.05) is 6.54 Å². The van der Waals surface area contributed by atoms with Crippen molar-refractivity contribution in [3.63, 3.8) is 0 Å². The van der Waals surface area contributed by atoms with Crippen LogP contribution in [0, 0.1) is 12.8 Å². The molecule has 0 saturated heterocycles. The van der Waals surface area contributed by atoms with Gasteiger partial charge in [-0.25, -0.2) is 0 Å². The molecule has 0 aliphatic rings. The lowest BCUT2D eigenvalue weighted by Crippen LogP contribution is -2.46. The molecule has 1 aromatic rings. The maximum atomic E-state index is 12.1. The van der Waals surface area contributed by atoms with E-state index in [0.717, 1.165) is 5.56 Å². The molecule has 0 aliphatic carbocycles. The highest BCUT2D eigenvalue weighted by Crippen LogP contribution is 2.12. The van der Waals surface area contributed by atoms with Gasteiger partial charge in [-0.05, 0) is 39.7 Å². The van der Waals surface area contributed by atoms with E-state index < -0.39 is 0 Å². The molecule has 1 atom stereocenters. The highest BCUT2D eigenvalue weighted by Gasteiger charge is 2.21. The monoisotopic (exact) mass is 248 g/mol. The Hall–Kier alpha value is -1.35. The number of carbonyl (C=O) groups is 1. The number of carbonyl (C=O) groups excluding carboxylic acids is 1. The van der Waals surface area contributed by atoms with E-state index >= 15 is 0 Å². The van der Waals surface area contributed by atoms with Crippen LogP contribution < -0.4 is 11.1 Å². The number of hydrogen-bond acceptors (Lipinski definition) is 2. The number of aryl methyl sites for hydroxylation is 1. The lowest BCUT2D eigenvalue weighted by molar-refractivity contribution is -0.126. The van der Waals surface area contributed by atoms with Gasteiger partial charge in [0, 0.05) is 12.1 Å². The van der Waals surface area contributed by atoms with Crippen LogP contribution in [0.25, 0.3) is 0 Å². The minimum atomic E-state index is -0.211. The zero-order valence-corrected chi connectivity index (χ0v) is 11.8. The molecule has 3 N–H and O–H groups in total. The molecule has 0 aromatic heterocycles. The fourth-order valence-electron chi connectivity index (χ4n) is 1.88. The molecule has 0 saturated carbocycles. The first-order valence-corrected chi connectivity index (χ1v) is 6.39. The Kier molecular flexibility index (Phi) is 4.91. The van der Waals surface area contributed by atoms with Crippen LogP contribution in [0.15, 0.2) is 24.3 Å². The second-order valence-electron chi connectivity index (χ2n) is 5.87. The molecule has 0 radical (unpaired) electrons. The van der Waals surface area contributed by atoms with Crippen molar-refractivity contribution >= 4 is 5.91 Å². The Morgan fingerprint density at radius 1 is 1.39 bits per heavy atom. The number of amides is 1. The molecule has 1 unspecified atom stereocenters. The van der Waals surface area contributed by atoms with Gasteiger partial charge in [0.05, 0.1) is 5.92 Å². The van der Waals surface area contributed by atoms with Crippen molar-refractivity contribution in [3.8, 4) is 0 Å². The summed E-state index contributed by atoms with van der Waals surface area (Å²) in [6.07, 6.45) is 0.695. The van der Waals surface area contributed by atoms with E-state index in [1.165, 1.54) is 5.56 Å². The normalized spacial score (nSPS) is 13.2. The summed E-state index contributed by atoms with van der Waals surface area (Å²) < 4.78 is 0. The Labute approximate surface area is 110 Å². The van der Waals surface area contributed by atoms with E-state index in [9.17, 15) is 4.79 Å². The van der Waals surface area contributed by atoms with Crippen LogP contribution in [-0.2, 0) is 11.2 Å². The number of nitrogens with two attached hydrogens (primary N) is 1. The zero-order chi connectivity index (χ0) is 13.8. The van der Waals surface area contributed by atoms with E-state index in [-0.39, 0.29) is 17.4 Å². The Balaban J connectivity index is 2.70. The summed E-state index contributed by atoms with van der Waals surface area (Å²) in [6, 6.07) is 8.21. The number of benzene rings is 1. The molecule has 1 amide bonds. The standard InChI is InChI=1S/C15H24N2O/c1-11-6-5-7-12(8-11)9-13(10-16)14(18)17-15(2,3)4/h5-8,13H,9-10,16H2,1-4H3,(H,17,18). The first-order chi connectivity index (χ1) is 8.31. The van der Waals surface area contributed by atoms with Gasteiger partial charge in [0.2, 0.25) is 5.91 Å². The van der Waals surface area contributed by atoms with E-state index in [1.807, 2.05) is 32.9 Å². The molecular formula is C15H24N2O. The largest absolute Gasteiger partial charge is 0.351 e. The fraction of sp³-hybridized carbons (Fsp3) is 0.533. The summed E-state index contributed by atoms with van der Waals surface area (Å²) in [7, 11) is 0. The molecule has 3 nitrogen and oxygen atoms in total. The van der Waals surface area contributed by atoms with Crippen molar-refractivity contribution in [2.45, 2.75) is 39.7 Å². The summed E-state index contributed by atoms with van der Waals surface area (Å²) in [6.45, 7) is 8.35. The molecule has 1 aromatic carbocycles.